The smallest absolute Gasteiger partial charge is 0.316 e. The second-order valence-electron chi connectivity index (χ2n) is 7.18. The van der Waals surface area contributed by atoms with Crippen LogP contribution in [0.5, 0.6) is 0 Å². The van der Waals surface area contributed by atoms with Crippen LogP contribution in [0.2, 0.25) is 5.02 Å². The average molecular weight is 411 g/mol. The zero-order valence-corrected chi connectivity index (χ0v) is 16.9. The van der Waals surface area contributed by atoms with E-state index in [2.05, 4.69) is 32.5 Å². The second-order valence-corrected chi connectivity index (χ2v) is 7.62. The van der Waals surface area contributed by atoms with E-state index in [1.165, 1.54) is 31.4 Å². The van der Waals surface area contributed by atoms with E-state index >= 15 is 0 Å². The summed E-state index contributed by atoms with van der Waals surface area (Å²) in [6, 6.07) is 15.4. The summed E-state index contributed by atoms with van der Waals surface area (Å²) in [7, 11) is 0. The zero-order valence-electron chi connectivity index (χ0n) is 16.1. The molecule has 1 N–H and O–H groups in total. The Kier molecular flexibility index (Phi) is 6.10. The van der Waals surface area contributed by atoms with E-state index in [9.17, 15) is 4.79 Å². The monoisotopic (exact) mass is 410 g/mol. The summed E-state index contributed by atoms with van der Waals surface area (Å²) < 4.78 is 5.15. The van der Waals surface area contributed by atoms with Crippen LogP contribution in [-0.2, 0) is 6.54 Å². The molecule has 0 bridgehead atoms. The molecule has 0 radical (unpaired) electrons. The fourth-order valence-electron chi connectivity index (χ4n) is 3.44. The first-order valence-electron chi connectivity index (χ1n) is 9.91. The zero-order chi connectivity index (χ0) is 20.1. The molecular weight excluding hydrogens is 388 g/mol. The van der Waals surface area contributed by atoms with Crippen molar-refractivity contribution in [2.75, 3.05) is 18.0 Å². The van der Waals surface area contributed by atoms with Gasteiger partial charge in [-0.2, -0.15) is 4.98 Å². The van der Waals surface area contributed by atoms with Gasteiger partial charge in [-0.3, -0.25) is 4.79 Å². The summed E-state index contributed by atoms with van der Waals surface area (Å²) in [5.41, 5.74) is 2.97. The number of hydrogen-bond donors (Lipinski definition) is 1. The van der Waals surface area contributed by atoms with E-state index in [4.69, 9.17) is 16.1 Å². The van der Waals surface area contributed by atoms with Crippen LogP contribution in [0.15, 0.2) is 53.1 Å². The van der Waals surface area contributed by atoms with Gasteiger partial charge in [-0.05, 0) is 54.8 Å². The second kappa shape index (κ2) is 9.09. The van der Waals surface area contributed by atoms with Gasteiger partial charge in [0.25, 0.3) is 0 Å². The first-order valence-corrected chi connectivity index (χ1v) is 10.3. The fraction of sp³-hybridized carbons (Fsp3) is 0.318. The van der Waals surface area contributed by atoms with E-state index in [1.807, 2.05) is 24.3 Å². The van der Waals surface area contributed by atoms with E-state index in [0.29, 0.717) is 17.4 Å². The predicted molar refractivity (Wildman–Crippen MR) is 113 cm³/mol. The molecule has 4 rings (SSSR count). The molecule has 7 heteroatoms. The molecule has 0 saturated carbocycles. The lowest BCUT2D eigenvalue weighted by Crippen LogP contribution is -2.23. The van der Waals surface area contributed by atoms with Crippen LogP contribution < -0.4 is 10.2 Å². The van der Waals surface area contributed by atoms with Crippen molar-refractivity contribution in [1.82, 2.24) is 15.5 Å². The van der Waals surface area contributed by atoms with Crippen LogP contribution >= 0.6 is 11.6 Å². The number of anilines is 1. The molecule has 1 fully saturated rings. The molecule has 1 saturated heterocycles. The van der Waals surface area contributed by atoms with Crippen molar-refractivity contribution in [3.05, 3.63) is 65.0 Å². The van der Waals surface area contributed by atoms with Crippen molar-refractivity contribution < 1.29 is 9.32 Å². The first-order chi connectivity index (χ1) is 14.2. The van der Waals surface area contributed by atoms with Crippen molar-refractivity contribution in [2.24, 2.45) is 0 Å². The Morgan fingerprint density at radius 2 is 1.69 bits per heavy atom. The molecule has 1 amide bonds. The Morgan fingerprint density at radius 1 is 1.00 bits per heavy atom. The number of aromatic nitrogens is 2. The van der Waals surface area contributed by atoms with Gasteiger partial charge in [-0.25, -0.2) is 0 Å². The Hall–Kier alpha value is -2.86. The van der Waals surface area contributed by atoms with Gasteiger partial charge in [0.15, 0.2) is 0 Å². The molecule has 2 heterocycles. The van der Waals surface area contributed by atoms with Gasteiger partial charge in [0.2, 0.25) is 5.82 Å². The number of nitrogens with one attached hydrogen (secondary N) is 1. The summed E-state index contributed by atoms with van der Waals surface area (Å²) in [4.78, 5) is 18.9. The fourth-order valence-corrected chi connectivity index (χ4v) is 3.57. The predicted octanol–water partition coefficient (Wildman–Crippen LogP) is 4.70. The van der Waals surface area contributed by atoms with Crippen molar-refractivity contribution in [3.8, 4) is 11.4 Å². The van der Waals surface area contributed by atoms with Gasteiger partial charge in [-0.15, -0.1) is 0 Å². The van der Waals surface area contributed by atoms with Crippen LogP contribution in [0.3, 0.4) is 0 Å². The van der Waals surface area contributed by atoms with Gasteiger partial charge in [-0.1, -0.05) is 41.7 Å². The summed E-state index contributed by atoms with van der Waals surface area (Å²) in [6.45, 7) is 2.55. The number of nitrogens with zero attached hydrogens (tertiary/aromatic N) is 3. The molecule has 0 atom stereocenters. The van der Waals surface area contributed by atoms with Crippen molar-refractivity contribution in [3.63, 3.8) is 0 Å². The van der Waals surface area contributed by atoms with Crippen molar-refractivity contribution in [2.45, 2.75) is 32.2 Å². The van der Waals surface area contributed by atoms with Gasteiger partial charge >= 0.3 is 11.8 Å². The number of carbonyl (C=O) groups excluding carboxylic acids is 1. The normalized spacial score (nSPS) is 14.4. The van der Waals surface area contributed by atoms with Gasteiger partial charge in [0, 0.05) is 35.9 Å². The van der Waals surface area contributed by atoms with E-state index in [1.54, 1.807) is 12.1 Å². The molecule has 2 aromatic carbocycles. The number of hydrogen-bond acceptors (Lipinski definition) is 5. The van der Waals surface area contributed by atoms with Gasteiger partial charge in [0.05, 0.1) is 0 Å². The first kappa shape index (κ1) is 19.5. The highest BCUT2D eigenvalue weighted by atomic mass is 35.5. The van der Waals surface area contributed by atoms with E-state index in [0.717, 1.165) is 24.2 Å². The SMILES string of the molecule is O=C(NCc1ccc(Cl)cc1)c1nc(-c2ccc(N3CCCCCC3)cc2)no1. The summed E-state index contributed by atoms with van der Waals surface area (Å²) in [5, 5.41) is 7.38. The summed E-state index contributed by atoms with van der Waals surface area (Å²) >= 11 is 5.87. The minimum atomic E-state index is -0.403. The van der Waals surface area contributed by atoms with E-state index in [-0.39, 0.29) is 5.89 Å². The molecule has 0 unspecified atom stereocenters. The Morgan fingerprint density at radius 3 is 2.38 bits per heavy atom. The Bertz CT molecular complexity index is 946. The minimum Gasteiger partial charge on any atom is -0.372 e. The third-order valence-electron chi connectivity index (χ3n) is 5.08. The lowest BCUT2D eigenvalue weighted by Gasteiger charge is -2.22. The highest BCUT2D eigenvalue weighted by Gasteiger charge is 2.16. The van der Waals surface area contributed by atoms with Crippen LogP contribution in [-0.4, -0.2) is 29.1 Å². The Balaban J connectivity index is 1.38. The molecule has 29 heavy (non-hydrogen) atoms. The van der Waals surface area contributed by atoms with Crippen LogP contribution in [0.4, 0.5) is 5.69 Å². The number of amides is 1. The van der Waals surface area contributed by atoms with Gasteiger partial charge in [0.1, 0.15) is 0 Å². The molecule has 6 nitrogen and oxygen atoms in total. The van der Waals surface area contributed by atoms with Crippen LogP contribution in [0, 0.1) is 0 Å². The number of rotatable bonds is 5. The quantitative estimate of drug-likeness (QED) is 0.660. The summed E-state index contributed by atoms with van der Waals surface area (Å²) in [5.74, 6) is -0.0468. The van der Waals surface area contributed by atoms with Crippen molar-refractivity contribution >= 4 is 23.2 Å². The number of halogens is 1. The van der Waals surface area contributed by atoms with Crippen molar-refractivity contribution in [1.29, 1.82) is 0 Å². The third kappa shape index (κ3) is 4.95. The third-order valence-corrected chi connectivity index (χ3v) is 5.34. The molecule has 150 valence electrons. The molecule has 1 aromatic heterocycles. The number of carbonyl (C=O) groups is 1. The molecule has 1 aliphatic heterocycles. The molecule has 1 aliphatic rings. The number of benzene rings is 2. The van der Waals surface area contributed by atoms with E-state index < -0.39 is 5.91 Å². The van der Waals surface area contributed by atoms with Crippen LogP contribution in [0.1, 0.15) is 41.9 Å². The lowest BCUT2D eigenvalue weighted by molar-refractivity contribution is 0.0907. The minimum absolute atomic E-state index is 0.0504. The highest BCUT2D eigenvalue weighted by molar-refractivity contribution is 6.30. The largest absolute Gasteiger partial charge is 0.372 e. The average Bonchev–Trinajstić information content (AvgIpc) is 3.09. The topological polar surface area (TPSA) is 71.3 Å². The Labute approximate surface area is 174 Å². The maximum absolute atomic E-state index is 12.3. The lowest BCUT2D eigenvalue weighted by atomic mass is 10.2. The molecular formula is C22H23ClN4O2. The molecule has 0 aliphatic carbocycles. The molecule has 0 spiro atoms. The summed E-state index contributed by atoms with van der Waals surface area (Å²) in [6.07, 6.45) is 5.09. The standard InChI is InChI=1S/C22H23ClN4O2/c23-18-9-5-16(6-10-18)15-24-21(28)22-25-20(26-29-22)17-7-11-19(12-8-17)27-13-3-1-2-4-14-27/h5-12H,1-4,13-15H2,(H,24,28). The maximum atomic E-state index is 12.3. The molecule has 3 aromatic rings. The van der Waals surface area contributed by atoms with Crippen LogP contribution in [0.25, 0.3) is 11.4 Å². The van der Waals surface area contributed by atoms with Gasteiger partial charge < -0.3 is 14.7 Å². The highest BCUT2D eigenvalue weighted by Crippen LogP contribution is 2.23. The maximum Gasteiger partial charge on any atom is 0.316 e.